The summed E-state index contributed by atoms with van der Waals surface area (Å²) >= 11 is 0. The van der Waals surface area contributed by atoms with E-state index < -0.39 is 6.10 Å². The minimum atomic E-state index is -0.450. The summed E-state index contributed by atoms with van der Waals surface area (Å²) in [5, 5.41) is 11.0. The molecule has 116 valence electrons. The van der Waals surface area contributed by atoms with E-state index in [9.17, 15) is 5.11 Å². The topological polar surface area (TPSA) is 29.5 Å². The average Bonchev–Trinajstić information content (AvgIpc) is 2.12. The molecule has 0 rings (SSSR count). The third-order valence-electron chi connectivity index (χ3n) is 5.38. The van der Waals surface area contributed by atoms with Gasteiger partial charge in [-0.2, -0.15) is 0 Å². The number of hydrogen-bond donors (Lipinski definition) is 1. The lowest BCUT2D eigenvalue weighted by Gasteiger charge is -2.54. The number of rotatable bonds is 5. The first-order chi connectivity index (χ1) is 8.07. The van der Waals surface area contributed by atoms with E-state index in [0.29, 0.717) is 0 Å². The lowest BCUT2D eigenvalue weighted by atomic mass is 9.57. The lowest BCUT2D eigenvalue weighted by molar-refractivity contribution is -0.198. The van der Waals surface area contributed by atoms with Crippen molar-refractivity contribution in [3.63, 3.8) is 0 Å². The van der Waals surface area contributed by atoms with Gasteiger partial charge in [0.15, 0.2) is 0 Å². The second-order valence-corrected chi connectivity index (χ2v) is 8.77. The molecule has 0 aliphatic carbocycles. The zero-order chi connectivity index (χ0) is 15.9. The Morgan fingerprint density at radius 3 is 1.37 bits per heavy atom. The highest BCUT2D eigenvalue weighted by Crippen LogP contribution is 2.50. The van der Waals surface area contributed by atoms with Crippen molar-refractivity contribution < 1.29 is 9.84 Å². The molecule has 0 bridgehead atoms. The largest absolute Gasteiger partial charge is 0.392 e. The molecule has 1 N–H and O–H groups in total. The first-order valence-electron chi connectivity index (χ1n) is 7.43. The minimum absolute atomic E-state index is 0.0254. The maximum absolute atomic E-state index is 11.0. The van der Waals surface area contributed by atoms with Crippen molar-refractivity contribution in [1.29, 1.82) is 0 Å². The monoisotopic (exact) mass is 272 g/mol. The molecule has 2 nitrogen and oxygen atoms in total. The van der Waals surface area contributed by atoms with Crippen molar-refractivity contribution in [2.75, 3.05) is 0 Å². The average molecular weight is 272 g/mol. The normalized spacial score (nSPS) is 16.9. The first-order valence-corrected chi connectivity index (χ1v) is 7.43. The first kappa shape index (κ1) is 18.9. The number of hydrogen-bond acceptors (Lipinski definition) is 2. The van der Waals surface area contributed by atoms with E-state index in [1.807, 2.05) is 13.8 Å². The molecule has 0 saturated carbocycles. The molecule has 0 radical (unpaired) electrons. The summed E-state index contributed by atoms with van der Waals surface area (Å²) in [6.45, 7) is 23.3. The molecular formula is C17H36O2. The SMILES string of the molecule is CC(C)OC(C)(C)C(C)(C)C(O)C(C)(C)C(C)(C)C. The van der Waals surface area contributed by atoms with E-state index in [0.717, 1.165) is 0 Å². The van der Waals surface area contributed by atoms with Crippen LogP contribution in [0.1, 0.15) is 76.2 Å². The summed E-state index contributed by atoms with van der Waals surface area (Å²) in [6.07, 6.45) is -0.298. The van der Waals surface area contributed by atoms with Crippen LogP contribution in [0.3, 0.4) is 0 Å². The molecule has 0 saturated heterocycles. The fraction of sp³-hybridized carbons (Fsp3) is 1.00. The van der Waals surface area contributed by atoms with E-state index in [2.05, 4.69) is 62.3 Å². The molecule has 0 fully saturated rings. The molecule has 0 aromatic carbocycles. The number of aliphatic hydroxyl groups excluding tert-OH is 1. The molecule has 19 heavy (non-hydrogen) atoms. The van der Waals surface area contributed by atoms with Crippen LogP contribution in [-0.4, -0.2) is 22.9 Å². The van der Waals surface area contributed by atoms with Gasteiger partial charge < -0.3 is 9.84 Å². The van der Waals surface area contributed by atoms with Crippen molar-refractivity contribution in [2.45, 2.75) is 94.0 Å². The van der Waals surface area contributed by atoms with Gasteiger partial charge in [-0.25, -0.2) is 0 Å². The van der Waals surface area contributed by atoms with Crippen molar-refractivity contribution in [2.24, 2.45) is 16.2 Å². The van der Waals surface area contributed by atoms with Crippen molar-refractivity contribution in [1.82, 2.24) is 0 Å². The fourth-order valence-electron chi connectivity index (χ4n) is 2.38. The third-order valence-corrected chi connectivity index (χ3v) is 5.38. The summed E-state index contributed by atoms with van der Waals surface area (Å²) < 4.78 is 6.07. The Hall–Kier alpha value is -0.0800. The van der Waals surface area contributed by atoms with E-state index in [1.165, 1.54) is 0 Å². The Morgan fingerprint density at radius 1 is 0.737 bits per heavy atom. The van der Waals surface area contributed by atoms with Gasteiger partial charge in [0.05, 0.1) is 17.8 Å². The van der Waals surface area contributed by atoms with Crippen molar-refractivity contribution in [3.8, 4) is 0 Å². The van der Waals surface area contributed by atoms with Crippen LogP contribution < -0.4 is 0 Å². The smallest absolute Gasteiger partial charge is 0.0705 e. The Morgan fingerprint density at radius 2 is 1.11 bits per heavy atom. The van der Waals surface area contributed by atoms with Crippen LogP contribution in [0.2, 0.25) is 0 Å². The lowest BCUT2D eigenvalue weighted by Crippen LogP contribution is -2.57. The van der Waals surface area contributed by atoms with E-state index in [4.69, 9.17) is 4.74 Å². The van der Waals surface area contributed by atoms with Gasteiger partial charge in [-0.1, -0.05) is 48.5 Å². The molecule has 0 aromatic rings. The van der Waals surface area contributed by atoms with Crippen LogP contribution in [0.15, 0.2) is 0 Å². The Balaban J connectivity index is 5.42. The highest BCUT2D eigenvalue weighted by Gasteiger charge is 2.52. The number of ether oxygens (including phenoxy) is 1. The van der Waals surface area contributed by atoms with Crippen molar-refractivity contribution in [3.05, 3.63) is 0 Å². The molecular weight excluding hydrogens is 236 g/mol. The molecule has 1 atom stereocenters. The Labute approximate surface area is 120 Å². The van der Waals surface area contributed by atoms with Gasteiger partial charge in [0, 0.05) is 5.41 Å². The zero-order valence-corrected chi connectivity index (χ0v) is 15.0. The van der Waals surface area contributed by atoms with Gasteiger partial charge in [-0.3, -0.25) is 0 Å². The van der Waals surface area contributed by atoms with Gasteiger partial charge in [0.25, 0.3) is 0 Å². The Kier molecular flexibility index (Phi) is 5.34. The molecule has 2 heteroatoms. The molecule has 0 spiro atoms. The van der Waals surface area contributed by atoms with Gasteiger partial charge in [-0.15, -0.1) is 0 Å². The zero-order valence-electron chi connectivity index (χ0n) is 15.0. The summed E-state index contributed by atoms with van der Waals surface area (Å²) in [5.41, 5.74) is -0.900. The fourth-order valence-corrected chi connectivity index (χ4v) is 2.38. The second-order valence-electron chi connectivity index (χ2n) is 8.77. The summed E-state index contributed by atoms with van der Waals surface area (Å²) in [7, 11) is 0. The van der Waals surface area contributed by atoms with E-state index >= 15 is 0 Å². The minimum Gasteiger partial charge on any atom is -0.392 e. The Bertz CT molecular complexity index is 293. The van der Waals surface area contributed by atoms with E-state index in [1.54, 1.807) is 0 Å². The predicted octanol–water partition coefficient (Wildman–Crippen LogP) is 4.65. The van der Waals surface area contributed by atoms with Crippen LogP contribution in [0, 0.1) is 16.2 Å². The molecule has 0 amide bonds. The van der Waals surface area contributed by atoms with Crippen LogP contribution in [0.25, 0.3) is 0 Å². The summed E-state index contributed by atoms with van der Waals surface area (Å²) in [6, 6.07) is 0. The summed E-state index contributed by atoms with van der Waals surface area (Å²) in [4.78, 5) is 0. The van der Waals surface area contributed by atoms with Gasteiger partial charge in [-0.05, 0) is 38.5 Å². The van der Waals surface area contributed by atoms with Gasteiger partial charge >= 0.3 is 0 Å². The molecule has 1 unspecified atom stereocenters. The molecule has 0 aliphatic rings. The highest BCUT2D eigenvalue weighted by molar-refractivity contribution is 5.02. The van der Waals surface area contributed by atoms with Crippen LogP contribution in [0.5, 0.6) is 0 Å². The standard InChI is InChI=1S/C17H36O2/c1-12(2)19-17(10,11)16(8,9)13(18)15(6,7)14(3,4)5/h12-13,18H,1-11H3. The van der Waals surface area contributed by atoms with Gasteiger partial charge in [0.1, 0.15) is 0 Å². The third kappa shape index (κ3) is 3.72. The number of aliphatic hydroxyl groups is 1. The van der Waals surface area contributed by atoms with Crippen LogP contribution in [0.4, 0.5) is 0 Å². The predicted molar refractivity (Wildman–Crippen MR) is 83.3 cm³/mol. The van der Waals surface area contributed by atoms with Crippen molar-refractivity contribution >= 4 is 0 Å². The van der Waals surface area contributed by atoms with E-state index in [-0.39, 0.29) is 27.9 Å². The highest BCUT2D eigenvalue weighted by atomic mass is 16.5. The maximum atomic E-state index is 11.0. The second kappa shape index (κ2) is 5.37. The maximum Gasteiger partial charge on any atom is 0.0705 e. The quantitative estimate of drug-likeness (QED) is 0.789. The van der Waals surface area contributed by atoms with Crippen LogP contribution in [-0.2, 0) is 4.74 Å². The van der Waals surface area contributed by atoms with Gasteiger partial charge in [0.2, 0.25) is 0 Å². The molecule has 0 aliphatic heterocycles. The van der Waals surface area contributed by atoms with Crippen LogP contribution >= 0.6 is 0 Å². The molecule has 0 heterocycles. The summed E-state index contributed by atoms with van der Waals surface area (Å²) in [5.74, 6) is 0. The molecule has 0 aromatic heterocycles.